The van der Waals surface area contributed by atoms with E-state index < -0.39 is 0 Å². The van der Waals surface area contributed by atoms with E-state index in [1.54, 1.807) is 0 Å². The normalized spacial score (nSPS) is 13.8. The van der Waals surface area contributed by atoms with Crippen LogP contribution in [0.2, 0.25) is 0 Å². The van der Waals surface area contributed by atoms with Gasteiger partial charge in [-0.25, -0.2) is 0 Å². The lowest BCUT2D eigenvalue weighted by Gasteiger charge is -2.01. The molecule has 0 radical (unpaired) electrons. The molecule has 0 amide bonds. The zero-order valence-corrected chi connectivity index (χ0v) is 7.83. The van der Waals surface area contributed by atoms with Crippen LogP contribution >= 0.6 is 0 Å². The lowest BCUT2D eigenvalue weighted by atomic mass is 10.2. The van der Waals surface area contributed by atoms with Crippen molar-refractivity contribution in [3.63, 3.8) is 0 Å². The second kappa shape index (κ2) is 6.67. The van der Waals surface area contributed by atoms with Gasteiger partial charge >= 0.3 is 0 Å². The van der Waals surface area contributed by atoms with Gasteiger partial charge in [0.15, 0.2) is 0 Å². The SMILES string of the molecule is OCCCCCOCC1=C=CC=C1. The lowest BCUT2D eigenvalue weighted by Crippen LogP contribution is -1.98. The summed E-state index contributed by atoms with van der Waals surface area (Å²) in [5.74, 6) is 0. The van der Waals surface area contributed by atoms with Crippen LogP contribution in [-0.2, 0) is 4.74 Å². The highest BCUT2D eigenvalue weighted by Gasteiger charge is 1.94. The summed E-state index contributed by atoms with van der Waals surface area (Å²) in [6.45, 7) is 1.72. The molecular formula is C11H16O2. The van der Waals surface area contributed by atoms with Gasteiger partial charge in [-0.2, -0.15) is 0 Å². The number of hydrogen-bond donors (Lipinski definition) is 1. The minimum atomic E-state index is 0.288. The van der Waals surface area contributed by atoms with Gasteiger partial charge < -0.3 is 9.84 Å². The van der Waals surface area contributed by atoms with Crippen LogP contribution in [0.15, 0.2) is 29.5 Å². The van der Waals surface area contributed by atoms with Gasteiger partial charge in [0.2, 0.25) is 0 Å². The quantitative estimate of drug-likeness (QED) is 0.478. The summed E-state index contributed by atoms with van der Waals surface area (Å²) < 4.78 is 5.41. The maximum Gasteiger partial charge on any atom is 0.0788 e. The average molecular weight is 180 g/mol. The first-order chi connectivity index (χ1) is 6.43. The van der Waals surface area contributed by atoms with Crippen molar-refractivity contribution < 1.29 is 9.84 Å². The first kappa shape index (κ1) is 10.3. The molecule has 1 N–H and O–H groups in total. The summed E-state index contributed by atoms with van der Waals surface area (Å²) >= 11 is 0. The van der Waals surface area contributed by atoms with Crippen LogP contribution in [0.3, 0.4) is 0 Å². The fourth-order valence-corrected chi connectivity index (χ4v) is 1.13. The fourth-order valence-electron chi connectivity index (χ4n) is 1.13. The number of unbranched alkanes of at least 4 members (excludes halogenated alkanes) is 2. The summed E-state index contributed by atoms with van der Waals surface area (Å²) in [6.07, 6.45) is 8.82. The Morgan fingerprint density at radius 2 is 2.23 bits per heavy atom. The van der Waals surface area contributed by atoms with Crippen molar-refractivity contribution in [3.05, 3.63) is 29.5 Å². The molecule has 0 spiro atoms. The third-order valence-corrected chi connectivity index (χ3v) is 1.87. The van der Waals surface area contributed by atoms with E-state index in [2.05, 4.69) is 5.73 Å². The third kappa shape index (κ3) is 4.69. The molecule has 0 atom stereocenters. The van der Waals surface area contributed by atoms with Crippen LogP contribution in [-0.4, -0.2) is 24.9 Å². The van der Waals surface area contributed by atoms with Crippen molar-refractivity contribution >= 4 is 0 Å². The van der Waals surface area contributed by atoms with Crippen molar-refractivity contribution in [3.8, 4) is 0 Å². The summed E-state index contributed by atoms with van der Waals surface area (Å²) in [5, 5.41) is 8.53. The Morgan fingerprint density at radius 1 is 1.31 bits per heavy atom. The molecule has 0 aliphatic heterocycles. The first-order valence-electron chi connectivity index (χ1n) is 4.74. The van der Waals surface area contributed by atoms with Gasteiger partial charge in [-0.15, -0.1) is 5.73 Å². The Morgan fingerprint density at radius 3 is 2.92 bits per heavy atom. The van der Waals surface area contributed by atoms with Crippen LogP contribution in [0.25, 0.3) is 0 Å². The van der Waals surface area contributed by atoms with Gasteiger partial charge in [-0.3, -0.25) is 0 Å². The van der Waals surface area contributed by atoms with E-state index in [0.717, 1.165) is 31.4 Å². The van der Waals surface area contributed by atoms with E-state index in [0.29, 0.717) is 6.61 Å². The zero-order chi connectivity index (χ0) is 9.36. The molecule has 1 aliphatic carbocycles. The summed E-state index contributed by atoms with van der Waals surface area (Å²) in [7, 11) is 0. The predicted octanol–water partition coefficient (Wildman–Crippen LogP) is 1.82. The van der Waals surface area contributed by atoms with Gasteiger partial charge in [0.1, 0.15) is 0 Å². The number of hydrogen-bond acceptors (Lipinski definition) is 2. The highest BCUT2D eigenvalue weighted by molar-refractivity contribution is 5.29. The maximum atomic E-state index is 8.53. The van der Waals surface area contributed by atoms with Gasteiger partial charge in [-0.1, -0.05) is 6.08 Å². The van der Waals surface area contributed by atoms with Crippen molar-refractivity contribution in [1.29, 1.82) is 0 Å². The Kier molecular flexibility index (Phi) is 5.27. The first-order valence-corrected chi connectivity index (χ1v) is 4.74. The number of aliphatic hydroxyl groups excluding tert-OH is 1. The minimum absolute atomic E-state index is 0.288. The third-order valence-electron chi connectivity index (χ3n) is 1.87. The molecule has 0 unspecified atom stereocenters. The number of ether oxygens (including phenoxy) is 1. The molecule has 0 aromatic carbocycles. The fraction of sp³-hybridized carbons (Fsp3) is 0.545. The van der Waals surface area contributed by atoms with Crippen LogP contribution in [0.1, 0.15) is 19.3 Å². The van der Waals surface area contributed by atoms with Gasteiger partial charge in [0.05, 0.1) is 6.61 Å². The molecule has 0 saturated carbocycles. The van der Waals surface area contributed by atoms with Crippen LogP contribution in [0.4, 0.5) is 0 Å². The highest BCUT2D eigenvalue weighted by atomic mass is 16.5. The molecule has 72 valence electrons. The van der Waals surface area contributed by atoms with Gasteiger partial charge in [0.25, 0.3) is 0 Å². The lowest BCUT2D eigenvalue weighted by molar-refractivity contribution is 0.151. The maximum absolute atomic E-state index is 8.53. The molecule has 0 aromatic heterocycles. The van der Waals surface area contributed by atoms with Crippen molar-refractivity contribution in [2.45, 2.75) is 19.3 Å². The predicted molar refractivity (Wildman–Crippen MR) is 52.5 cm³/mol. The summed E-state index contributed by atoms with van der Waals surface area (Å²) in [6, 6.07) is 0. The number of allylic oxidation sites excluding steroid dienone is 1. The minimum Gasteiger partial charge on any atom is -0.396 e. The monoisotopic (exact) mass is 180 g/mol. The molecule has 2 nitrogen and oxygen atoms in total. The molecule has 13 heavy (non-hydrogen) atoms. The van der Waals surface area contributed by atoms with E-state index >= 15 is 0 Å². The van der Waals surface area contributed by atoms with E-state index in [9.17, 15) is 0 Å². The number of rotatable bonds is 7. The molecule has 0 fully saturated rings. The molecule has 0 aromatic rings. The second-order valence-corrected chi connectivity index (χ2v) is 3.03. The molecule has 2 heteroatoms. The molecule has 0 heterocycles. The topological polar surface area (TPSA) is 29.5 Å². The molecule has 0 saturated heterocycles. The largest absolute Gasteiger partial charge is 0.396 e. The Labute approximate surface area is 79.2 Å². The second-order valence-electron chi connectivity index (χ2n) is 3.03. The van der Waals surface area contributed by atoms with E-state index in [1.807, 2.05) is 18.2 Å². The van der Waals surface area contributed by atoms with Crippen LogP contribution in [0, 0.1) is 0 Å². The van der Waals surface area contributed by atoms with E-state index in [4.69, 9.17) is 9.84 Å². The average Bonchev–Trinajstić information content (AvgIpc) is 2.63. The summed E-state index contributed by atoms with van der Waals surface area (Å²) in [4.78, 5) is 0. The molecule has 1 rings (SSSR count). The van der Waals surface area contributed by atoms with E-state index in [-0.39, 0.29) is 6.61 Å². The van der Waals surface area contributed by atoms with Gasteiger partial charge in [-0.05, 0) is 31.4 Å². The summed E-state index contributed by atoms with van der Waals surface area (Å²) in [5.41, 5.74) is 4.19. The highest BCUT2D eigenvalue weighted by Crippen LogP contribution is 2.03. The molecular weight excluding hydrogens is 164 g/mol. The smallest absolute Gasteiger partial charge is 0.0788 e. The Hall–Kier alpha value is -0.820. The van der Waals surface area contributed by atoms with Crippen molar-refractivity contribution in [2.24, 2.45) is 0 Å². The van der Waals surface area contributed by atoms with Crippen molar-refractivity contribution in [1.82, 2.24) is 0 Å². The standard InChI is InChI=1S/C11H16O2/c12-8-4-1-5-9-13-10-11-6-2-3-7-11/h2-3,6,12H,1,4-5,8-10H2. The zero-order valence-electron chi connectivity index (χ0n) is 7.83. The molecule has 0 bridgehead atoms. The van der Waals surface area contributed by atoms with Gasteiger partial charge in [0, 0.05) is 18.8 Å². The molecule has 1 aliphatic rings. The Bertz CT molecular complexity index is 222. The van der Waals surface area contributed by atoms with Crippen LogP contribution < -0.4 is 0 Å². The van der Waals surface area contributed by atoms with Crippen molar-refractivity contribution in [2.75, 3.05) is 19.8 Å². The van der Waals surface area contributed by atoms with Crippen LogP contribution in [0.5, 0.6) is 0 Å². The van der Waals surface area contributed by atoms with E-state index in [1.165, 1.54) is 0 Å². The number of aliphatic hydroxyl groups is 1. The Balaban J connectivity index is 1.90.